The van der Waals surface area contributed by atoms with Crippen LogP contribution in [0.25, 0.3) is 28.1 Å². The molecule has 3 heterocycles. The first kappa shape index (κ1) is 27.7. The van der Waals surface area contributed by atoms with Gasteiger partial charge in [0.2, 0.25) is 0 Å². The van der Waals surface area contributed by atoms with Crippen molar-refractivity contribution in [1.82, 2.24) is 19.4 Å². The summed E-state index contributed by atoms with van der Waals surface area (Å²) in [5.41, 5.74) is 6.14. The van der Waals surface area contributed by atoms with Crippen molar-refractivity contribution in [3.05, 3.63) is 90.0 Å². The van der Waals surface area contributed by atoms with Crippen LogP contribution in [0.15, 0.2) is 84.0 Å². The Kier molecular flexibility index (Phi) is 7.77. The lowest BCUT2D eigenvalue weighted by atomic mass is 10.1. The van der Waals surface area contributed by atoms with Crippen LogP contribution in [0.5, 0.6) is 5.75 Å². The maximum absolute atomic E-state index is 12.8. The zero-order valence-electron chi connectivity index (χ0n) is 22.9. The number of hydrogen-bond acceptors (Lipinski definition) is 7. The van der Waals surface area contributed by atoms with Gasteiger partial charge in [-0.3, -0.25) is 14.9 Å². The van der Waals surface area contributed by atoms with Gasteiger partial charge >= 0.3 is 6.36 Å². The molecule has 42 heavy (non-hydrogen) atoms. The van der Waals surface area contributed by atoms with Gasteiger partial charge in [-0.25, -0.2) is 4.98 Å². The molecule has 1 aromatic heterocycles. The second kappa shape index (κ2) is 11.8. The van der Waals surface area contributed by atoms with E-state index in [1.807, 2.05) is 60.0 Å². The molecule has 0 unspecified atom stereocenters. The van der Waals surface area contributed by atoms with Gasteiger partial charge in [0.15, 0.2) is 0 Å². The van der Waals surface area contributed by atoms with Gasteiger partial charge in [0, 0.05) is 31.5 Å². The lowest BCUT2D eigenvalue weighted by Crippen LogP contribution is -2.38. The maximum atomic E-state index is 12.8. The van der Waals surface area contributed by atoms with Crippen molar-refractivity contribution in [2.75, 3.05) is 44.7 Å². The molecular weight excluding hydrogens is 545 g/mol. The molecule has 8 nitrogen and oxygen atoms in total. The molecule has 1 fully saturated rings. The second-order valence-electron chi connectivity index (χ2n) is 9.93. The van der Waals surface area contributed by atoms with Crippen molar-refractivity contribution in [3.63, 3.8) is 0 Å². The van der Waals surface area contributed by atoms with Gasteiger partial charge in [-0.1, -0.05) is 12.1 Å². The van der Waals surface area contributed by atoms with Crippen molar-refractivity contribution in [1.29, 1.82) is 0 Å². The molecule has 2 aliphatic heterocycles. The first-order chi connectivity index (χ1) is 20.3. The number of pyridine rings is 1. The molecule has 11 heteroatoms. The highest BCUT2D eigenvalue weighted by atomic mass is 19.4. The van der Waals surface area contributed by atoms with Crippen LogP contribution in [0.3, 0.4) is 0 Å². The van der Waals surface area contributed by atoms with Gasteiger partial charge in [0.05, 0.1) is 64.6 Å². The summed E-state index contributed by atoms with van der Waals surface area (Å²) < 4.78 is 50.0. The van der Waals surface area contributed by atoms with E-state index in [1.54, 1.807) is 18.3 Å². The fraction of sp³-hybridized carbons (Fsp3) is 0.258. The number of halogens is 3. The highest BCUT2D eigenvalue weighted by molar-refractivity contribution is 5.84. The molecule has 0 amide bonds. The molecule has 2 aromatic carbocycles. The fourth-order valence-corrected chi connectivity index (χ4v) is 5.05. The monoisotopic (exact) mass is 574 g/mol. The number of nitrogens with zero attached hydrogens (tertiary/aromatic N) is 5. The van der Waals surface area contributed by atoms with Crippen LogP contribution >= 0.6 is 0 Å². The average molecular weight is 575 g/mol. The van der Waals surface area contributed by atoms with E-state index >= 15 is 0 Å². The fourth-order valence-electron chi connectivity index (χ4n) is 5.05. The number of ether oxygens (including phenoxy) is 2. The van der Waals surface area contributed by atoms with Crippen LogP contribution in [0.4, 0.5) is 24.5 Å². The van der Waals surface area contributed by atoms with Crippen molar-refractivity contribution in [3.8, 4) is 22.8 Å². The van der Waals surface area contributed by atoms with Gasteiger partial charge in [0.1, 0.15) is 5.75 Å². The molecule has 6 rings (SSSR count). The van der Waals surface area contributed by atoms with Crippen LogP contribution in [0.2, 0.25) is 0 Å². The Labute approximate surface area is 240 Å². The van der Waals surface area contributed by atoms with E-state index in [1.165, 1.54) is 12.1 Å². The summed E-state index contributed by atoms with van der Waals surface area (Å²) in [4.78, 5) is 16.7. The molecular formula is C31H29F3N6O2. The Morgan fingerprint density at radius 2 is 1.76 bits per heavy atom. The van der Waals surface area contributed by atoms with Gasteiger partial charge in [-0.05, 0) is 67.6 Å². The Balaban J connectivity index is 1.49. The summed E-state index contributed by atoms with van der Waals surface area (Å²) in [5.74, 6) is -0.286. The van der Waals surface area contributed by atoms with Crippen molar-refractivity contribution in [2.45, 2.75) is 13.3 Å². The predicted octanol–water partition coefficient (Wildman–Crippen LogP) is 5.71. The minimum Gasteiger partial charge on any atom is -0.406 e. The first-order valence-corrected chi connectivity index (χ1v) is 13.6. The topological polar surface area (TPSA) is 76.8 Å². The number of aryl methyl sites for hydroxylation is 1. The number of fused-ring (bicyclic) bond motifs is 2. The van der Waals surface area contributed by atoms with E-state index in [9.17, 15) is 13.2 Å². The molecule has 3 aromatic rings. The number of para-hydroxylation sites is 2. The summed E-state index contributed by atoms with van der Waals surface area (Å²) in [5, 5.41) is 4.23. The molecule has 1 N–H and O–H groups in total. The third kappa shape index (κ3) is 6.22. The largest absolute Gasteiger partial charge is 0.573 e. The molecule has 0 atom stereocenters. The Hall–Kier alpha value is -4.48. The lowest BCUT2D eigenvalue weighted by Gasteiger charge is -2.25. The van der Waals surface area contributed by atoms with Gasteiger partial charge in [-0.2, -0.15) is 0 Å². The minimum absolute atomic E-state index is 0.286. The molecule has 0 spiro atoms. The average Bonchev–Trinajstić information content (AvgIpc) is 2.98. The van der Waals surface area contributed by atoms with E-state index in [0.717, 1.165) is 58.8 Å². The smallest absolute Gasteiger partial charge is 0.406 e. The normalized spacial score (nSPS) is 14.9. The molecule has 216 valence electrons. The number of nitrogens with one attached hydrogen (secondary N) is 1. The number of anilines is 2. The molecule has 1 saturated heterocycles. The number of hydrogen-bond donors (Lipinski definition) is 1. The zero-order chi connectivity index (χ0) is 29.1. The standard InChI is InChI=1S/C31H29F3N6O2/c1-21-24(6-4-12-35-21)37-27-19-28-30(20-26(27)36-13-14-39-15-17-41-18-16-39)40(29-7-3-2-5-25(29)38-28)22-8-10-23(11-9-22)42-31(32,33)34/h2-12,19-20,37H,13-18H2,1H3/b36-26+. The van der Waals surface area contributed by atoms with Gasteiger partial charge in [0.25, 0.3) is 0 Å². The highest BCUT2D eigenvalue weighted by Crippen LogP contribution is 2.32. The van der Waals surface area contributed by atoms with Crippen LogP contribution in [0, 0.1) is 6.92 Å². The summed E-state index contributed by atoms with van der Waals surface area (Å²) in [6, 6.07) is 21.2. The van der Waals surface area contributed by atoms with Crippen molar-refractivity contribution < 1.29 is 22.6 Å². The van der Waals surface area contributed by atoms with Gasteiger partial charge < -0.3 is 19.4 Å². The van der Waals surface area contributed by atoms with Crippen LogP contribution in [-0.2, 0) is 4.74 Å². The number of rotatable bonds is 7. The lowest BCUT2D eigenvalue weighted by molar-refractivity contribution is -0.274. The van der Waals surface area contributed by atoms with E-state index in [0.29, 0.717) is 31.1 Å². The number of alkyl halides is 3. The Bertz CT molecular complexity index is 1730. The highest BCUT2D eigenvalue weighted by Gasteiger charge is 2.31. The maximum Gasteiger partial charge on any atom is 0.573 e. The SMILES string of the molecule is Cc1ncccc1Nc1cc2nc3ccccc3n(-c3ccc(OC(F)(F)F)cc3)c-2c/c1=N\CCN1CCOCC1. The predicted molar refractivity (Wildman–Crippen MR) is 154 cm³/mol. The van der Waals surface area contributed by atoms with Crippen molar-refractivity contribution >= 4 is 22.4 Å². The Morgan fingerprint density at radius 3 is 2.52 bits per heavy atom. The first-order valence-electron chi connectivity index (χ1n) is 13.6. The van der Waals surface area contributed by atoms with E-state index in [4.69, 9.17) is 14.7 Å². The van der Waals surface area contributed by atoms with Crippen LogP contribution < -0.4 is 15.4 Å². The minimum atomic E-state index is -4.77. The third-order valence-electron chi connectivity index (χ3n) is 7.10. The van der Waals surface area contributed by atoms with E-state index in [-0.39, 0.29) is 5.75 Å². The van der Waals surface area contributed by atoms with Gasteiger partial charge in [-0.15, -0.1) is 13.2 Å². The van der Waals surface area contributed by atoms with Crippen LogP contribution in [-0.4, -0.2) is 65.2 Å². The second-order valence-corrected chi connectivity index (χ2v) is 9.93. The summed E-state index contributed by atoms with van der Waals surface area (Å²) in [6.07, 6.45) is -3.02. The summed E-state index contributed by atoms with van der Waals surface area (Å²) >= 11 is 0. The van der Waals surface area contributed by atoms with Crippen LogP contribution in [0.1, 0.15) is 5.69 Å². The summed E-state index contributed by atoms with van der Waals surface area (Å²) in [7, 11) is 0. The molecule has 0 saturated carbocycles. The zero-order valence-corrected chi connectivity index (χ0v) is 22.9. The molecule has 3 aliphatic rings. The summed E-state index contributed by atoms with van der Waals surface area (Å²) in [6.45, 7) is 6.49. The number of morpholine rings is 1. The molecule has 1 aliphatic carbocycles. The molecule has 0 radical (unpaired) electrons. The molecule has 0 bridgehead atoms. The van der Waals surface area contributed by atoms with E-state index < -0.39 is 6.36 Å². The number of benzene rings is 3. The van der Waals surface area contributed by atoms with E-state index in [2.05, 4.69) is 19.9 Å². The van der Waals surface area contributed by atoms with Crippen molar-refractivity contribution in [2.24, 2.45) is 4.99 Å². The third-order valence-corrected chi connectivity index (χ3v) is 7.10. The quantitative estimate of drug-likeness (QED) is 0.251. The Morgan fingerprint density at radius 1 is 0.976 bits per heavy atom. The number of aromatic nitrogens is 3.